The molecule has 0 bridgehead atoms. The number of amides is 2. The second-order valence-corrected chi connectivity index (χ2v) is 10.4. The van der Waals surface area contributed by atoms with Crippen molar-refractivity contribution in [1.82, 2.24) is 20.2 Å². The normalized spacial score (nSPS) is 34.9. The molecule has 0 aromatic rings. The molecule has 1 N–H and O–H groups in total. The zero-order valence-electron chi connectivity index (χ0n) is 19.0. The maximum atomic E-state index is 13.1. The average Bonchev–Trinajstić information content (AvgIpc) is 3.45. The van der Waals surface area contributed by atoms with Crippen molar-refractivity contribution in [3.8, 4) is 0 Å². The highest BCUT2D eigenvalue weighted by molar-refractivity contribution is 5.83. The first-order chi connectivity index (χ1) is 14.3. The van der Waals surface area contributed by atoms with Crippen molar-refractivity contribution < 1.29 is 14.4 Å². The van der Waals surface area contributed by atoms with Crippen molar-refractivity contribution in [2.45, 2.75) is 77.9 Å². The third-order valence-corrected chi connectivity index (χ3v) is 7.78. The molecule has 0 spiro atoms. The van der Waals surface area contributed by atoms with Crippen molar-refractivity contribution in [2.75, 3.05) is 26.2 Å². The van der Waals surface area contributed by atoms with Crippen LogP contribution in [0.3, 0.4) is 0 Å². The smallest absolute Gasteiger partial charge is 0.226 e. The number of nitrogens with zero attached hydrogens (tertiary/aromatic N) is 3. The van der Waals surface area contributed by atoms with Crippen molar-refractivity contribution in [2.24, 2.45) is 23.7 Å². The molecule has 2 saturated heterocycles. The predicted octanol–water partition coefficient (Wildman–Crippen LogP) is 1.67. The summed E-state index contributed by atoms with van der Waals surface area (Å²) in [6.45, 7) is 10.6. The van der Waals surface area contributed by atoms with Gasteiger partial charge < -0.3 is 9.80 Å². The van der Waals surface area contributed by atoms with Gasteiger partial charge in [0, 0.05) is 44.4 Å². The van der Waals surface area contributed by atoms with Gasteiger partial charge in [-0.1, -0.05) is 13.8 Å². The van der Waals surface area contributed by atoms with E-state index in [1.54, 1.807) is 6.92 Å². The van der Waals surface area contributed by atoms with Crippen LogP contribution < -0.4 is 5.43 Å². The second-order valence-electron chi connectivity index (χ2n) is 10.4. The summed E-state index contributed by atoms with van der Waals surface area (Å²) in [5.41, 5.74) is 3.43. The van der Waals surface area contributed by atoms with Crippen LogP contribution >= 0.6 is 0 Å². The molecule has 30 heavy (non-hydrogen) atoms. The Morgan fingerprint density at radius 1 is 1.00 bits per heavy atom. The first-order valence-electron chi connectivity index (χ1n) is 11.9. The molecule has 7 nitrogen and oxygen atoms in total. The number of fused-ring (bicyclic) bond motifs is 1. The highest BCUT2D eigenvalue weighted by Gasteiger charge is 2.49. The van der Waals surface area contributed by atoms with E-state index in [1.165, 1.54) is 0 Å². The summed E-state index contributed by atoms with van der Waals surface area (Å²) in [5.74, 6) is 2.01. The maximum Gasteiger partial charge on any atom is 0.226 e. The molecule has 168 valence electrons. The zero-order valence-corrected chi connectivity index (χ0v) is 19.0. The predicted molar refractivity (Wildman–Crippen MR) is 114 cm³/mol. The van der Waals surface area contributed by atoms with Crippen LogP contribution in [0.15, 0.2) is 0 Å². The largest absolute Gasteiger partial charge is 0.335 e. The molecule has 4 unspecified atom stereocenters. The van der Waals surface area contributed by atoms with Crippen LogP contribution in [0.4, 0.5) is 0 Å². The molecule has 2 aliphatic carbocycles. The van der Waals surface area contributed by atoms with Gasteiger partial charge in [-0.15, -0.1) is 0 Å². The van der Waals surface area contributed by atoms with Crippen molar-refractivity contribution in [3.63, 3.8) is 0 Å². The van der Waals surface area contributed by atoms with Gasteiger partial charge in [0.2, 0.25) is 11.8 Å². The average molecular weight is 419 g/mol. The van der Waals surface area contributed by atoms with E-state index in [2.05, 4.69) is 27.2 Å². The number of hydrogen-bond acceptors (Lipinski definition) is 5. The minimum atomic E-state index is 0.0603. The Kier molecular flexibility index (Phi) is 6.22. The summed E-state index contributed by atoms with van der Waals surface area (Å²) in [4.78, 5) is 41.8. The van der Waals surface area contributed by atoms with E-state index in [0.717, 1.165) is 45.2 Å². The van der Waals surface area contributed by atoms with Gasteiger partial charge >= 0.3 is 0 Å². The molecule has 5 atom stereocenters. The Morgan fingerprint density at radius 2 is 1.73 bits per heavy atom. The van der Waals surface area contributed by atoms with Gasteiger partial charge in [0.1, 0.15) is 0 Å². The fourth-order valence-corrected chi connectivity index (χ4v) is 5.91. The fourth-order valence-electron chi connectivity index (χ4n) is 5.91. The van der Waals surface area contributed by atoms with E-state index in [-0.39, 0.29) is 41.7 Å². The lowest BCUT2D eigenvalue weighted by molar-refractivity contribution is -0.155. The molecule has 4 aliphatic rings. The Hall–Kier alpha value is -1.47. The molecule has 0 aromatic heterocycles. The molecular weight excluding hydrogens is 380 g/mol. The van der Waals surface area contributed by atoms with Gasteiger partial charge in [0.25, 0.3) is 0 Å². The molecule has 4 rings (SSSR count). The molecule has 4 fully saturated rings. The van der Waals surface area contributed by atoms with E-state index >= 15 is 0 Å². The molecule has 2 heterocycles. The number of nitrogens with one attached hydrogen (secondary N) is 1. The van der Waals surface area contributed by atoms with Crippen LogP contribution in [-0.2, 0) is 14.4 Å². The molecule has 2 aliphatic heterocycles. The summed E-state index contributed by atoms with van der Waals surface area (Å²) in [6.07, 6.45) is 5.06. The molecule has 0 radical (unpaired) electrons. The zero-order chi connectivity index (χ0) is 21.6. The monoisotopic (exact) mass is 418 g/mol. The van der Waals surface area contributed by atoms with Crippen LogP contribution in [0.25, 0.3) is 0 Å². The minimum Gasteiger partial charge on any atom is -0.335 e. The van der Waals surface area contributed by atoms with Crippen LogP contribution in [0, 0.1) is 23.7 Å². The molecular formula is C23H38N4O3. The van der Waals surface area contributed by atoms with Crippen molar-refractivity contribution >= 4 is 17.6 Å². The van der Waals surface area contributed by atoms with Crippen LogP contribution in [-0.4, -0.2) is 76.7 Å². The fraction of sp³-hybridized carbons (Fsp3) is 0.870. The maximum absolute atomic E-state index is 13.1. The number of ketones is 1. The first kappa shape index (κ1) is 21.8. The third-order valence-electron chi connectivity index (χ3n) is 7.78. The summed E-state index contributed by atoms with van der Waals surface area (Å²) >= 11 is 0. The summed E-state index contributed by atoms with van der Waals surface area (Å²) < 4.78 is 0. The second kappa shape index (κ2) is 8.58. The van der Waals surface area contributed by atoms with Crippen LogP contribution in [0.5, 0.6) is 0 Å². The SMILES string of the molecule is CC(=O)N1C2CCC(C3CNN(CC(=O)C(C)C)C3)CC2N(C(=O)C2CC2)C[C@@H]1C. The van der Waals surface area contributed by atoms with Crippen molar-refractivity contribution in [1.29, 1.82) is 0 Å². The number of carbonyl (C=O) groups excluding carboxylic acids is 3. The topological polar surface area (TPSA) is 73.0 Å². The lowest BCUT2D eigenvalue weighted by Gasteiger charge is -2.54. The highest BCUT2D eigenvalue weighted by atomic mass is 16.2. The third kappa shape index (κ3) is 4.28. The van der Waals surface area contributed by atoms with E-state index in [9.17, 15) is 14.4 Å². The van der Waals surface area contributed by atoms with Gasteiger partial charge in [-0.05, 0) is 50.9 Å². The lowest BCUT2D eigenvalue weighted by Crippen LogP contribution is -2.67. The first-order valence-corrected chi connectivity index (χ1v) is 11.9. The highest BCUT2D eigenvalue weighted by Crippen LogP contribution is 2.41. The number of Topliss-reactive ketones (excluding diaryl/α,β-unsaturated/α-hetero) is 1. The Labute approximate surface area is 180 Å². The molecule has 2 saturated carbocycles. The number of carbonyl (C=O) groups is 3. The molecule has 2 amide bonds. The minimum absolute atomic E-state index is 0.0603. The van der Waals surface area contributed by atoms with E-state index in [4.69, 9.17) is 0 Å². The van der Waals surface area contributed by atoms with Gasteiger partial charge in [0.05, 0.1) is 18.6 Å². The number of hydrazine groups is 1. The van der Waals surface area contributed by atoms with Crippen LogP contribution in [0.2, 0.25) is 0 Å². The van der Waals surface area contributed by atoms with Gasteiger partial charge in [0.15, 0.2) is 5.78 Å². The molecule has 7 heteroatoms. The van der Waals surface area contributed by atoms with E-state index in [0.29, 0.717) is 30.8 Å². The van der Waals surface area contributed by atoms with Crippen molar-refractivity contribution in [3.05, 3.63) is 0 Å². The Morgan fingerprint density at radius 3 is 2.37 bits per heavy atom. The number of hydrogen-bond donors (Lipinski definition) is 1. The molecule has 0 aromatic carbocycles. The van der Waals surface area contributed by atoms with E-state index in [1.807, 2.05) is 13.8 Å². The van der Waals surface area contributed by atoms with Gasteiger partial charge in [-0.3, -0.25) is 19.8 Å². The Bertz CT molecular complexity index is 692. The number of piperazine rings is 1. The van der Waals surface area contributed by atoms with Gasteiger partial charge in [-0.25, -0.2) is 5.01 Å². The van der Waals surface area contributed by atoms with E-state index < -0.39 is 0 Å². The summed E-state index contributed by atoms with van der Waals surface area (Å²) in [6, 6.07) is 0.384. The quantitative estimate of drug-likeness (QED) is 0.735. The standard InChI is InChI=1S/C23H38N4O3/c1-14(2)22(29)13-25-12-19(10-24-25)18-7-8-20-21(9-18)26(23(30)17-5-6-17)11-15(3)27(20)16(4)28/h14-15,17-21,24H,5-13H2,1-4H3/t15-,18?,19?,20?,21?/m0/s1. The van der Waals surface area contributed by atoms with Gasteiger partial charge in [-0.2, -0.15) is 0 Å². The van der Waals surface area contributed by atoms with Crippen LogP contribution in [0.1, 0.15) is 59.8 Å². The lowest BCUT2D eigenvalue weighted by atomic mass is 9.73. The summed E-state index contributed by atoms with van der Waals surface area (Å²) in [7, 11) is 0. The Balaban J connectivity index is 1.45. The number of rotatable bonds is 5. The summed E-state index contributed by atoms with van der Waals surface area (Å²) in [5, 5.41) is 2.08.